The van der Waals surface area contributed by atoms with E-state index in [0.717, 1.165) is 11.4 Å². The maximum atomic E-state index is 5.52. The number of methoxy groups -OCH3 is 1. The number of ether oxygens (including phenoxy) is 1. The molecule has 0 bridgehead atoms. The van der Waals surface area contributed by atoms with Crippen molar-refractivity contribution in [3.05, 3.63) is 47.7 Å². The van der Waals surface area contributed by atoms with Crippen LogP contribution in [-0.2, 0) is 6.54 Å². The number of benzene rings is 1. The summed E-state index contributed by atoms with van der Waals surface area (Å²) in [6.45, 7) is 3.22. The van der Waals surface area contributed by atoms with E-state index in [2.05, 4.69) is 42.0 Å². The zero-order chi connectivity index (χ0) is 13.7. The molecule has 0 unspecified atom stereocenters. The smallest absolute Gasteiger partial charge is 0.284 e. The van der Waals surface area contributed by atoms with E-state index in [0.29, 0.717) is 19.0 Å². The van der Waals surface area contributed by atoms with Crippen molar-refractivity contribution < 1.29 is 9.15 Å². The molecule has 1 aromatic heterocycles. The molecule has 2 rings (SSSR count). The number of furan rings is 1. The maximum Gasteiger partial charge on any atom is 0.284 e. The van der Waals surface area contributed by atoms with E-state index in [1.54, 1.807) is 13.2 Å². The van der Waals surface area contributed by atoms with Gasteiger partial charge < -0.3 is 14.1 Å². The predicted molar refractivity (Wildman–Crippen MR) is 76.3 cm³/mol. The van der Waals surface area contributed by atoms with Gasteiger partial charge in [-0.05, 0) is 25.1 Å². The third-order valence-corrected chi connectivity index (χ3v) is 2.87. The van der Waals surface area contributed by atoms with Crippen LogP contribution in [0.3, 0.4) is 0 Å². The molecule has 2 aromatic rings. The Morgan fingerprint density at radius 1 is 1.21 bits per heavy atom. The third-order valence-electron chi connectivity index (χ3n) is 2.87. The largest absolute Gasteiger partial charge is 0.468 e. The number of hydrogen-bond donors (Lipinski definition) is 0. The summed E-state index contributed by atoms with van der Waals surface area (Å²) < 4.78 is 10.6. The zero-order valence-electron chi connectivity index (χ0n) is 11.2. The highest BCUT2D eigenvalue weighted by Crippen LogP contribution is 2.21. The number of nitrogens with zero attached hydrogens (tertiary/aromatic N) is 1. The normalized spacial score (nSPS) is 9.95. The molecule has 0 amide bonds. The Morgan fingerprint density at radius 3 is 2.53 bits per heavy atom. The molecule has 3 nitrogen and oxygen atoms in total. The molecule has 0 saturated carbocycles. The Labute approximate surface area is 113 Å². The fourth-order valence-electron chi connectivity index (χ4n) is 1.85. The highest BCUT2D eigenvalue weighted by molar-refractivity contribution is 5.48. The first-order chi connectivity index (χ1) is 9.22. The molecule has 0 aliphatic heterocycles. The second-order valence-corrected chi connectivity index (χ2v) is 4.32. The number of terminal acetylenes is 1. The second kappa shape index (κ2) is 6.01. The van der Waals surface area contributed by atoms with E-state index in [1.807, 2.05) is 6.07 Å². The lowest BCUT2D eigenvalue weighted by molar-refractivity contribution is 0.294. The Bertz CT molecular complexity index is 563. The first-order valence-electron chi connectivity index (χ1n) is 6.10. The molecule has 0 N–H and O–H groups in total. The van der Waals surface area contributed by atoms with Gasteiger partial charge >= 0.3 is 0 Å². The summed E-state index contributed by atoms with van der Waals surface area (Å²) in [4.78, 5) is 2.08. The molecule has 1 heterocycles. The van der Waals surface area contributed by atoms with E-state index in [1.165, 1.54) is 5.56 Å². The summed E-state index contributed by atoms with van der Waals surface area (Å²) in [5, 5.41) is 0. The van der Waals surface area contributed by atoms with Crippen LogP contribution in [0.4, 0.5) is 5.69 Å². The van der Waals surface area contributed by atoms with Crippen LogP contribution >= 0.6 is 0 Å². The van der Waals surface area contributed by atoms with Crippen LogP contribution in [0.1, 0.15) is 11.3 Å². The average Bonchev–Trinajstić information content (AvgIpc) is 2.87. The minimum absolute atomic E-state index is 0.513. The van der Waals surface area contributed by atoms with E-state index in [-0.39, 0.29) is 0 Å². The number of rotatable bonds is 5. The molecule has 0 spiro atoms. The van der Waals surface area contributed by atoms with Gasteiger partial charge in [-0.3, -0.25) is 0 Å². The van der Waals surface area contributed by atoms with Crippen LogP contribution in [0.15, 0.2) is 40.8 Å². The van der Waals surface area contributed by atoms with Gasteiger partial charge in [0.05, 0.1) is 20.2 Å². The minimum atomic E-state index is 0.513. The third kappa shape index (κ3) is 3.32. The minimum Gasteiger partial charge on any atom is -0.468 e. The Kier molecular flexibility index (Phi) is 4.15. The molecule has 0 fully saturated rings. The van der Waals surface area contributed by atoms with E-state index in [9.17, 15) is 0 Å². The maximum absolute atomic E-state index is 5.52. The van der Waals surface area contributed by atoms with Crippen LogP contribution in [0, 0.1) is 19.3 Å². The van der Waals surface area contributed by atoms with Gasteiger partial charge in [0.25, 0.3) is 5.95 Å². The van der Waals surface area contributed by atoms with Crippen molar-refractivity contribution in [2.24, 2.45) is 0 Å². The standard InChI is InChI=1S/C16H17NO2/c1-4-11-17(14-7-5-13(2)6-8-14)12-15-9-10-16(18-3)19-15/h1,5-10H,11-12H2,2-3H3. The lowest BCUT2D eigenvalue weighted by atomic mass is 10.2. The van der Waals surface area contributed by atoms with Gasteiger partial charge in [0, 0.05) is 11.8 Å². The fraction of sp³-hybridized carbons (Fsp3) is 0.250. The fourth-order valence-corrected chi connectivity index (χ4v) is 1.85. The second-order valence-electron chi connectivity index (χ2n) is 4.32. The summed E-state index contributed by atoms with van der Waals surface area (Å²) in [7, 11) is 1.59. The van der Waals surface area contributed by atoms with Crippen molar-refractivity contribution in [1.29, 1.82) is 0 Å². The zero-order valence-corrected chi connectivity index (χ0v) is 11.2. The SMILES string of the molecule is C#CCN(Cc1ccc(OC)o1)c1ccc(C)cc1. The lowest BCUT2D eigenvalue weighted by Gasteiger charge is -2.21. The van der Waals surface area contributed by atoms with E-state index >= 15 is 0 Å². The molecule has 0 radical (unpaired) electrons. The predicted octanol–water partition coefficient (Wildman–Crippen LogP) is 3.24. The van der Waals surface area contributed by atoms with Crippen molar-refractivity contribution >= 4 is 5.69 Å². The summed E-state index contributed by atoms with van der Waals surface area (Å²) >= 11 is 0. The quantitative estimate of drug-likeness (QED) is 0.767. The Morgan fingerprint density at radius 2 is 1.95 bits per heavy atom. The molecule has 19 heavy (non-hydrogen) atoms. The highest BCUT2D eigenvalue weighted by Gasteiger charge is 2.09. The monoisotopic (exact) mass is 255 g/mol. The molecule has 0 aliphatic carbocycles. The van der Waals surface area contributed by atoms with E-state index in [4.69, 9.17) is 15.6 Å². The van der Waals surface area contributed by atoms with Gasteiger partial charge in [-0.15, -0.1) is 6.42 Å². The van der Waals surface area contributed by atoms with Crippen LogP contribution < -0.4 is 9.64 Å². The van der Waals surface area contributed by atoms with Crippen LogP contribution in [0.5, 0.6) is 5.95 Å². The van der Waals surface area contributed by atoms with Crippen molar-refractivity contribution in [1.82, 2.24) is 0 Å². The van der Waals surface area contributed by atoms with Gasteiger partial charge in [0.2, 0.25) is 0 Å². The molecule has 3 heteroatoms. The Balaban J connectivity index is 2.16. The first-order valence-corrected chi connectivity index (χ1v) is 6.10. The van der Waals surface area contributed by atoms with Crippen LogP contribution in [0.25, 0.3) is 0 Å². The molecule has 0 saturated heterocycles. The number of anilines is 1. The van der Waals surface area contributed by atoms with Crippen LogP contribution in [-0.4, -0.2) is 13.7 Å². The van der Waals surface area contributed by atoms with Crippen LogP contribution in [0.2, 0.25) is 0 Å². The van der Waals surface area contributed by atoms with Gasteiger partial charge in [-0.25, -0.2) is 0 Å². The average molecular weight is 255 g/mol. The highest BCUT2D eigenvalue weighted by atomic mass is 16.6. The number of aryl methyl sites for hydroxylation is 1. The van der Waals surface area contributed by atoms with Crippen molar-refractivity contribution in [2.75, 3.05) is 18.6 Å². The summed E-state index contributed by atoms with van der Waals surface area (Å²) in [6.07, 6.45) is 5.43. The van der Waals surface area contributed by atoms with Gasteiger partial charge in [-0.2, -0.15) is 0 Å². The van der Waals surface area contributed by atoms with Gasteiger partial charge in [0.1, 0.15) is 5.76 Å². The Hall–Kier alpha value is -2.34. The molecule has 0 atom stereocenters. The van der Waals surface area contributed by atoms with Gasteiger partial charge in [0.15, 0.2) is 0 Å². The summed E-state index contributed by atoms with van der Waals surface area (Å²) in [5.41, 5.74) is 2.31. The van der Waals surface area contributed by atoms with E-state index < -0.39 is 0 Å². The summed E-state index contributed by atoms with van der Waals surface area (Å²) in [5.74, 6) is 4.01. The summed E-state index contributed by atoms with van der Waals surface area (Å²) in [6, 6.07) is 12.0. The lowest BCUT2D eigenvalue weighted by Crippen LogP contribution is -2.22. The first kappa shape index (κ1) is 13.1. The van der Waals surface area contributed by atoms with Crippen molar-refractivity contribution in [3.63, 3.8) is 0 Å². The van der Waals surface area contributed by atoms with Crippen molar-refractivity contribution in [2.45, 2.75) is 13.5 Å². The molecule has 0 aliphatic rings. The molecule has 1 aromatic carbocycles. The van der Waals surface area contributed by atoms with Gasteiger partial charge in [-0.1, -0.05) is 23.6 Å². The molecule has 98 valence electrons. The topological polar surface area (TPSA) is 25.6 Å². The molecular weight excluding hydrogens is 238 g/mol. The van der Waals surface area contributed by atoms with Crippen molar-refractivity contribution in [3.8, 4) is 18.3 Å². The number of hydrogen-bond acceptors (Lipinski definition) is 3. The molecular formula is C16H17NO2.